The highest BCUT2D eigenvalue weighted by atomic mass is 16.5. The minimum Gasteiger partial charge on any atom is -0.479 e. The van der Waals surface area contributed by atoms with E-state index < -0.39 is 6.10 Å². The first-order valence-corrected chi connectivity index (χ1v) is 9.99. The summed E-state index contributed by atoms with van der Waals surface area (Å²) in [5, 5.41) is 22.5. The SMILES string of the molecule is CC(O)c1nccn1Cc1cc(-c2ccc(C#Cc3cccc(OCC#N)c3)cc2)on1. The van der Waals surface area contributed by atoms with E-state index in [0.717, 1.165) is 22.4 Å². The van der Waals surface area contributed by atoms with Gasteiger partial charge < -0.3 is 18.9 Å². The standard InChI is InChI=1S/C25H20N4O3/c1-18(30)25-27-12-13-29(25)17-22-16-24(32-28-22)21-9-7-19(8-10-21)5-6-20-3-2-4-23(15-20)31-14-11-26/h2-4,7-10,12-13,15-16,18,30H,14,17H2,1H3. The molecule has 0 bridgehead atoms. The van der Waals surface area contributed by atoms with E-state index in [1.165, 1.54) is 0 Å². The molecule has 0 aliphatic carbocycles. The fourth-order valence-corrected chi connectivity index (χ4v) is 3.16. The minimum absolute atomic E-state index is 0.00569. The highest BCUT2D eigenvalue weighted by Crippen LogP contribution is 2.22. The van der Waals surface area contributed by atoms with Gasteiger partial charge in [0.25, 0.3) is 0 Å². The Balaban J connectivity index is 1.44. The zero-order chi connectivity index (χ0) is 22.3. The van der Waals surface area contributed by atoms with Crippen molar-refractivity contribution in [3.8, 4) is 35.0 Å². The number of rotatable bonds is 6. The molecule has 158 valence electrons. The first kappa shape index (κ1) is 20.9. The smallest absolute Gasteiger partial charge is 0.174 e. The van der Waals surface area contributed by atoms with Crippen LogP contribution in [0.5, 0.6) is 5.75 Å². The van der Waals surface area contributed by atoms with E-state index in [2.05, 4.69) is 22.0 Å². The zero-order valence-corrected chi connectivity index (χ0v) is 17.4. The first-order valence-electron chi connectivity index (χ1n) is 9.99. The molecule has 4 rings (SSSR count). The third-order valence-corrected chi connectivity index (χ3v) is 4.67. The fourth-order valence-electron chi connectivity index (χ4n) is 3.16. The maximum Gasteiger partial charge on any atom is 0.174 e. The lowest BCUT2D eigenvalue weighted by Crippen LogP contribution is -2.07. The lowest BCUT2D eigenvalue weighted by Gasteiger charge is -2.07. The second-order valence-electron chi connectivity index (χ2n) is 7.07. The van der Waals surface area contributed by atoms with E-state index in [9.17, 15) is 5.11 Å². The van der Waals surface area contributed by atoms with Crippen LogP contribution >= 0.6 is 0 Å². The van der Waals surface area contributed by atoms with Crippen LogP contribution in [-0.2, 0) is 6.54 Å². The van der Waals surface area contributed by atoms with E-state index in [4.69, 9.17) is 14.5 Å². The summed E-state index contributed by atoms with van der Waals surface area (Å²) in [6.45, 7) is 2.15. The van der Waals surface area contributed by atoms with E-state index in [0.29, 0.717) is 23.9 Å². The molecule has 2 aromatic carbocycles. The molecule has 0 saturated heterocycles. The molecule has 0 amide bonds. The van der Waals surface area contributed by atoms with Crippen molar-refractivity contribution in [1.82, 2.24) is 14.7 Å². The maximum atomic E-state index is 9.79. The molecule has 2 heterocycles. The normalized spacial score (nSPS) is 11.3. The molecule has 0 saturated carbocycles. The molecule has 32 heavy (non-hydrogen) atoms. The van der Waals surface area contributed by atoms with Gasteiger partial charge in [0, 0.05) is 35.2 Å². The summed E-state index contributed by atoms with van der Waals surface area (Å²) in [6, 6.07) is 18.8. The molecular formula is C25H20N4O3. The third-order valence-electron chi connectivity index (χ3n) is 4.67. The van der Waals surface area contributed by atoms with Crippen molar-refractivity contribution < 1.29 is 14.4 Å². The lowest BCUT2D eigenvalue weighted by molar-refractivity contribution is 0.184. The van der Waals surface area contributed by atoms with Gasteiger partial charge in [-0.3, -0.25) is 0 Å². The van der Waals surface area contributed by atoms with Crippen molar-refractivity contribution in [2.45, 2.75) is 19.6 Å². The summed E-state index contributed by atoms with van der Waals surface area (Å²) in [6.07, 6.45) is 2.80. The van der Waals surface area contributed by atoms with E-state index in [1.807, 2.05) is 53.1 Å². The van der Waals surface area contributed by atoms with Gasteiger partial charge in [-0.15, -0.1) is 0 Å². The number of hydrogen-bond donors (Lipinski definition) is 1. The van der Waals surface area contributed by atoms with Crippen molar-refractivity contribution >= 4 is 0 Å². The minimum atomic E-state index is -0.655. The Morgan fingerprint density at radius 1 is 1.12 bits per heavy atom. The Hall–Kier alpha value is -4.33. The molecule has 0 aliphatic heterocycles. The van der Waals surface area contributed by atoms with Crippen molar-refractivity contribution in [1.29, 1.82) is 5.26 Å². The summed E-state index contributed by atoms with van der Waals surface area (Å²) < 4.78 is 12.6. The van der Waals surface area contributed by atoms with E-state index >= 15 is 0 Å². The summed E-state index contributed by atoms with van der Waals surface area (Å²) in [7, 11) is 0. The average molecular weight is 424 g/mol. The molecule has 2 aromatic heterocycles. The second-order valence-corrected chi connectivity index (χ2v) is 7.07. The van der Waals surface area contributed by atoms with Gasteiger partial charge in [0.2, 0.25) is 0 Å². The number of hydrogen-bond acceptors (Lipinski definition) is 6. The topological polar surface area (TPSA) is 97.1 Å². The number of nitriles is 1. The van der Waals surface area contributed by atoms with Gasteiger partial charge in [0.1, 0.15) is 29.4 Å². The van der Waals surface area contributed by atoms with Gasteiger partial charge in [0.05, 0.1) is 6.54 Å². The molecule has 7 heteroatoms. The predicted molar refractivity (Wildman–Crippen MR) is 117 cm³/mol. The highest BCUT2D eigenvalue weighted by molar-refractivity contribution is 5.59. The van der Waals surface area contributed by atoms with Crippen molar-refractivity contribution in [2.75, 3.05) is 6.61 Å². The zero-order valence-electron chi connectivity index (χ0n) is 17.4. The Morgan fingerprint density at radius 2 is 1.94 bits per heavy atom. The molecule has 0 spiro atoms. The number of aromatic nitrogens is 3. The summed E-state index contributed by atoms with van der Waals surface area (Å²) in [5.41, 5.74) is 3.29. The number of aliphatic hydroxyl groups is 1. The summed E-state index contributed by atoms with van der Waals surface area (Å²) in [4.78, 5) is 4.17. The Kier molecular flexibility index (Phi) is 6.31. The van der Waals surface area contributed by atoms with Gasteiger partial charge >= 0.3 is 0 Å². The molecule has 0 aliphatic rings. The van der Waals surface area contributed by atoms with E-state index in [1.54, 1.807) is 31.5 Å². The van der Waals surface area contributed by atoms with Gasteiger partial charge in [-0.2, -0.15) is 5.26 Å². The van der Waals surface area contributed by atoms with Crippen molar-refractivity contribution in [3.05, 3.63) is 89.6 Å². The molecule has 1 N–H and O–H groups in total. The monoisotopic (exact) mass is 424 g/mol. The quantitative estimate of drug-likeness (QED) is 0.471. The van der Waals surface area contributed by atoms with Crippen LogP contribution in [-0.4, -0.2) is 26.4 Å². The second kappa shape index (κ2) is 9.65. The van der Waals surface area contributed by atoms with Crippen molar-refractivity contribution in [2.24, 2.45) is 0 Å². The van der Waals surface area contributed by atoms with Crippen LogP contribution < -0.4 is 4.74 Å². The van der Waals surface area contributed by atoms with Gasteiger partial charge in [-0.25, -0.2) is 4.98 Å². The Labute approximate surface area is 185 Å². The van der Waals surface area contributed by atoms with E-state index in [-0.39, 0.29) is 6.61 Å². The maximum absolute atomic E-state index is 9.79. The number of aliphatic hydroxyl groups excluding tert-OH is 1. The summed E-state index contributed by atoms with van der Waals surface area (Å²) >= 11 is 0. The number of ether oxygens (including phenoxy) is 1. The number of nitrogens with zero attached hydrogens (tertiary/aromatic N) is 4. The van der Waals surface area contributed by atoms with Crippen LogP contribution in [0.15, 0.2) is 71.5 Å². The fraction of sp³-hybridized carbons (Fsp3) is 0.160. The number of benzene rings is 2. The van der Waals surface area contributed by atoms with Gasteiger partial charge in [-0.1, -0.05) is 23.1 Å². The Morgan fingerprint density at radius 3 is 2.72 bits per heavy atom. The molecular weight excluding hydrogens is 404 g/mol. The molecule has 0 radical (unpaired) electrons. The van der Waals surface area contributed by atoms with Gasteiger partial charge in [0.15, 0.2) is 12.4 Å². The van der Waals surface area contributed by atoms with Crippen LogP contribution in [0, 0.1) is 23.2 Å². The molecule has 1 unspecified atom stereocenters. The van der Waals surface area contributed by atoms with Crippen LogP contribution in [0.1, 0.15) is 35.7 Å². The van der Waals surface area contributed by atoms with Crippen LogP contribution in [0.2, 0.25) is 0 Å². The van der Waals surface area contributed by atoms with Crippen LogP contribution in [0.4, 0.5) is 0 Å². The van der Waals surface area contributed by atoms with Gasteiger partial charge in [-0.05, 0) is 49.4 Å². The molecule has 4 aromatic rings. The first-order chi connectivity index (χ1) is 15.6. The average Bonchev–Trinajstić information content (AvgIpc) is 3.47. The van der Waals surface area contributed by atoms with Crippen LogP contribution in [0.25, 0.3) is 11.3 Å². The summed E-state index contributed by atoms with van der Waals surface area (Å²) in [5.74, 6) is 8.08. The molecule has 7 nitrogen and oxygen atoms in total. The van der Waals surface area contributed by atoms with Crippen LogP contribution in [0.3, 0.4) is 0 Å². The lowest BCUT2D eigenvalue weighted by atomic mass is 10.1. The predicted octanol–water partition coefficient (Wildman–Crippen LogP) is 3.94. The molecule has 1 atom stereocenters. The highest BCUT2D eigenvalue weighted by Gasteiger charge is 2.12. The largest absolute Gasteiger partial charge is 0.479 e. The Bertz CT molecular complexity index is 1300. The molecule has 0 fully saturated rings. The number of imidazole rings is 1. The van der Waals surface area contributed by atoms with Crippen molar-refractivity contribution in [3.63, 3.8) is 0 Å². The third kappa shape index (κ3) is 5.04.